The Morgan fingerprint density at radius 2 is 1.88 bits per heavy atom. The molecule has 0 aliphatic rings. The minimum Gasteiger partial charge on any atom is -0.468 e. The molecule has 0 spiro atoms. The highest BCUT2D eigenvalue weighted by Crippen LogP contribution is 2.23. The molecule has 0 bridgehead atoms. The van der Waals surface area contributed by atoms with E-state index in [0.29, 0.717) is 5.95 Å². The molecule has 1 aromatic heterocycles. The summed E-state index contributed by atoms with van der Waals surface area (Å²) in [5.41, 5.74) is 2.39. The van der Waals surface area contributed by atoms with Crippen molar-refractivity contribution in [3.8, 4) is 5.95 Å². The Balaban J connectivity index is 2.00. The lowest BCUT2D eigenvalue weighted by molar-refractivity contribution is 0.292. The van der Waals surface area contributed by atoms with E-state index < -0.39 is 0 Å². The normalized spacial score (nSPS) is 10.4. The molecule has 2 heteroatoms. The molecule has 0 saturated heterocycles. The molecule has 0 saturated carbocycles. The Morgan fingerprint density at radius 3 is 2.50 bits per heavy atom. The van der Waals surface area contributed by atoms with Crippen molar-refractivity contribution in [1.82, 2.24) is 0 Å². The second-order valence-corrected chi connectivity index (χ2v) is 3.87. The number of hydrogen-bond donors (Lipinski definition) is 0. The number of rotatable bonds is 4. The minimum atomic E-state index is 0.628. The van der Waals surface area contributed by atoms with Crippen LogP contribution < -0.4 is 4.74 Å². The van der Waals surface area contributed by atoms with Gasteiger partial charge in [-0.2, -0.15) is 0 Å². The van der Waals surface area contributed by atoms with Crippen LogP contribution in [-0.4, -0.2) is 7.11 Å². The fourth-order valence-corrected chi connectivity index (χ4v) is 1.77. The van der Waals surface area contributed by atoms with Gasteiger partial charge in [0.05, 0.1) is 7.11 Å². The number of aryl methyl sites for hydroxylation is 3. The second kappa shape index (κ2) is 4.88. The van der Waals surface area contributed by atoms with Crippen LogP contribution in [0.15, 0.2) is 40.8 Å². The third kappa shape index (κ3) is 2.45. The van der Waals surface area contributed by atoms with Gasteiger partial charge in [0.25, 0.3) is 5.95 Å². The molecule has 0 atom stereocenters. The Kier molecular flexibility index (Phi) is 3.30. The molecule has 2 nitrogen and oxygen atoms in total. The number of benzene rings is 1. The maximum Gasteiger partial charge on any atom is 0.287 e. The quantitative estimate of drug-likeness (QED) is 0.781. The van der Waals surface area contributed by atoms with Crippen molar-refractivity contribution in [2.45, 2.75) is 19.8 Å². The summed E-state index contributed by atoms with van der Waals surface area (Å²) < 4.78 is 10.7. The lowest BCUT2D eigenvalue weighted by Crippen LogP contribution is -1.88. The van der Waals surface area contributed by atoms with Crippen molar-refractivity contribution in [2.75, 3.05) is 7.11 Å². The van der Waals surface area contributed by atoms with Crippen molar-refractivity contribution < 1.29 is 9.15 Å². The van der Waals surface area contributed by atoms with Gasteiger partial charge in [-0.05, 0) is 25.0 Å². The van der Waals surface area contributed by atoms with Gasteiger partial charge in [-0.1, -0.05) is 30.3 Å². The van der Waals surface area contributed by atoms with Gasteiger partial charge in [-0.25, -0.2) is 0 Å². The molecule has 0 fully saturated rings. The lowest BCUT2D eigenvalue weighted by Gasteiger charge is -1.98. The summed E-state index contributed by atoms with van der Waals surface area (Å²) in [6.07, 6.45) is 1.91. The van der Waals surface area contributed by atoms with Crippen molar-refractivity contribution >= 4 is 0 Å². The molecule has 0 aliphatic carbocycles. The van der Waals surface area contributed by atoms with E-state index in [1.807, 2.05) is 19.1 Å². The zero-order valence-electron chi connectivity index (χ0n) is 9.69. The molecule has 16 heavy (non-hydrogen) atoms. The summed E-state index contributed by atoms with van der Waals surface area (Å²) >= 11 is 0. The fraction of sp³-hybridized carbons (Fsp3) is 0.286. The van der Waals surface area contributed by atoms with Crippen LogP contribution in [0.2, 0.25) is 0 Å². The maximum atomic E-state index is 5.56. The summed E-state index contributed by atoms with van der Waals surface area (Å²) in [4.78, 5) is 0. The number of hydrogen-bond acceptors (Lipinski definition) is 2. The summed E-state index contributed by atoms with van der Waals surface area (Å²) in [6, 6.07) is 12.5. The third-order valence-corrected chi connectivity index (χ3v) is 2.61. The zero-order valence-corrected chi connectivity index (χ0v) is 9.69. The maximum absolute atomic E-state index is 5.56. The first kappa shape index (κ1) is 10.8. The fourth-order valence-electron chi connectivity index (χ4n) is 1.77. The minimum absolute atomic E-state index is 0.628. The van der Waals surface area contributed by atoms with Crippen LogP contribution in [0, 0.1) is 6.92 Å². The average molecular weight is 216 g/mol. The molecule has 1 aromatic carbocycles. The Labute approximate surface area is 95.9 Å². The first-order valence-corrected chi connectivity index (χ1v) is 5.47. The predicted octanol–water partition coefficient (Wildman–Crippen LogP) is 3.38. The molecule has 2 aromatic rings. The van der Waals surface area contributed by atoms with Crippen molar-refractivity contribution in [3.63, 3.8) is 0 Å². The van der Waals surface area contributed by atoms with E-state index in [-0.39, 0.29) is 0 Å². The van der Waals surface area contributed by atoms with E-state index in [0.717, 1.165) is 24.2 Å². The van der Waals surface area contributed by atoms with Gasteiger partial charge < -0.3 is 9.15 Å². The van der Waals surface area contributed by atoms with Gasteiger partial charge in [0, 0.05) is 12.0 Å². The zero-order chi connectivity index (χ0) is 11.4. The van der Waals surface area contributed by atoms with Crippen LogP contribution in [0.3, 0.4) is 0 Å². The molecule has 0 radical (unpaired) electrons. The molecule has 0 aliphatic heterocycles. The molecule has 0 unspecified atom stereocenters. The highest BCUT2D eigenvalue weighted by Gasteiger charge is 2.07. The van der Waals surface area contributed by atoms with Crippen LogP contribution >= 0.6 is 0 Å². The Morgan fingerprint density at radius 1 is 1.12 bits per heavy atom. The lowest BCUT2D eigenvalue weighted by atomic mass is 10.1. The van der Waals surface area contributed by atoms with Crippen LogP contribution in [0.4, 0.5) is 0 Å². The van der Waals surface area contributed by atoms with Gasteiger partial charge in [0.15, 0.2) is 0 Å². The van der Waals surface area contributed by atoms with Crippen LogP contribution in [0.25, 0.3) is 0 Å². The van der Waals surface area contributed by atoms with Gasteiger partial charge in [0.2, 0.25) is 0 Å². The van der Waals surface area contributed by atoms with Gasteiger partial charge in [0.1, 0.15) is 5.76 Å². The van der Waals surface area contributed by atoms with E-state index in [9.17, 15) is 0 Å². The highest BCUT2D eigenvalue weighted by molar-refractivity contribution is 5.25. The van der Waals surface area contributed by atoms with E-state index in [4.69, 9.17) is 9.15 Å². The first-order valence-electron chi connectivity index (χ1n) is 5.47. The molecule has 84 valence electrons. The molecular weight excluding hydrogens is 200 g/mol. The van der Waals surface area contributed by atoms with Gasteiger partial charge in [-0.3, -0.25) is 0 Å². The molecular formula is C14H16O2. The molecule has 0 amide bonds. The van der Waals surface area contributed by atoms with E-state index in [2.05, 4.69) is 24.3 Å². The molecule has 1 heterocycles. The van der Waals surface area contributed by atoms with E-state index >= 15 is 0 Å². The average Bonchev–Trinajstić information content (AvgIpc) is 2.69. The first-order chi connectivity index (χ1) is 7.79. The van der Waals surface area contributed by atoms with Gasteiger partial charge in [-0.15, -0.1) is 0 Å². The van der Waals surface area contributed by atoms with Gasteiger partial charge >= 0.3 is 0 Å². The van der Waals surface area contributed by atoms with Crippen LogP contribution in [-0.2, 0) is 12.8 Å². The number of ether oxygens (including phenoxy) is 1. The SMILES string of the molecule is COc1oc(CCc2ccccc2)cc1C. The Hall–Kier alpha value is -1.70. The second-order valence-electron chi connectivity index (χ2n) is 3.87. The summed E-state index contributed by atoms with van der Waals surface area (Å²) in [7, 11) is 1.63. The van der Waals surface area contributed by atoms with Crippen molar-refractivity contribution in [3.05, 3.63) is 53.3 Å². The molecule has 2 rings (SSSR count). The van der Waals surface area contributed by atoms with Crippen LogP contribution in [0.1, 0.15) is 16.9 Å². The Bertz CT molecular complexity index is 443. The third-order valence-electron chi connectivity index (χ3n) is 2.61. The largest absolute Gasteiger partial charge is 0.468 e. The summed E-state index contributed by atoms with van der Waals surface area (Å²) in [5.74, 6) is 1.61. The molecule has 0 N–H and O–H groups in total. The summed E-state index contributed by atoms with van der Waals surface area (Å²) in [6.45, 7) is 1.99. The van der Waals surface area contributed by atoms with Crippen LogP contribution in [0.5, 0.6) is 5.95 Å². The smallest absolute Gasteiger partial charge is 0.287 e. The van der Waals surface area contributed by atoms with Crippen molar-refractivity contribution in [1.29, 1.82) is 0 Å². The number of methoxy groups -OCH3 is 1. The highest BCUT2D eigenvalue weighted by atomic mass is 16.6. The van der Waals surface area contributed by atoms with E-state index in [1.54, 1.807) is 7.11 Å². The van der Waals surface area contributed by atoms with E-state index in [1.165, 1.54) is 5.56 Å². The standard InChI is InChI=1S/C14H16O2/c1-11-10-13(16-14(11)15-2)9-8-12-6-4-3-5-7-12/h3-7,10H,8-9H2,1-2H3. The van der Waals surface area contributed by atoms with Crippen molar-refractivity contribution in [2.24, 2.45) is 0 Å². The number of furan rings is 1. The topological polar surface area (TPSA) is 22.4 Å². The predicted molar refractivity (Wildman–Crippen MR) is 63.8 cm³/mol. The summed E-state index contributed by atoms with van der Waals surface area (Å²) in [5, 5.41) is 0. The monoisotopic (exact) mass is 216 g/mol.